The molecule has 0 heterocycles. The summed E-state index contributed by atoms with van der Waals surface area (Å²) < 4.78 is 19.3. The van der Waals surface area contributed by atoms with Gasteiger partial charge in [0.1, 0.15) is 5.82 Å². The van der Waals surface area contributed by atoms with Crippen LogP contribution in [0.15, 0.2) is 21.5 Å². The maximum Gasteiger partial charge on any atom is 0.142 e. The van der Waals surface area contributed by atoms with Crippen molar-refractivity contribution >= 4 is 27.7 Å². The Morgan fingerprint density at radius 2 is 2.23 bits per heavy atom. The zero-order valence-corrected chi connectivity index (χ0v) is 9.84. The molecule has 0 aliphatic carbocycles. The van der Waals surface area contributed by atoms with Crippen LogP contribution in [0, 0.1) is 5.82 Å². The average molecular weight is 265 g/mol. The van der Waals surface area contributed by atoms with E-state index in [2.05, 4.69) is 15.9 Å². The lowest BCUT2D eigenvalue weighted by Gasteiger charge is -2.06. The Kier molecular flexibility index (Phi) is 4.22. The van der Waals surface area contributed by atoms with Crippen molar-refractivity contribution in [2.45, 2.75) is 11.5 Å². The smallest absolute Gasteiger partial charge is 0.142 e. The van der Waals surface area contributed by atoms with Gasteiger partial charge in [0.05, 0.1) is 6.61 Å². The molecule has 1 aromatic carbocycles. The quantitative estimate of drug-likeness (QED) is 0.774. The normalized spacial score (nSPS) is 10.5. The molecule has 13 heavy (non-hydrogen) atoms. The van der Waals surface area contributed by atoms with Gasteiger partial charge in [0.15, 0.2) is 0 Å². The fraction of sp³-hybridized carbons (Fsp3) is 0.333. The first-order valence-electron chi connectivity index (χ1n) is 3.70. The number of rotatable bonds is 3. The highest BCUT2D eigenvalue weighted by molar-refractivity contribution is 9.10. The molecule has 72 valence electrons. The van der Waals surface area contributed by atoms with Crippen molar-refractivity contribution in [3.8, 4) is 0 Å². The Hall–Kier alpha value is -0.0600. The van der Waals surface area contributed by atoms with Gasteiger partial charge in [-0.3, -0.25) is 0 Å². The number of halogens is 2. The first-order chi connectivity index (χ1) is 6.19. The Labute approximate surface area is 89.8 Å². The van der Waals surface area contributed by atoms with Crippen LogP contribution >= 0.6 is 27.7 Å². The topological polar surface area (TPSA) is 9.23 Å². The predicted octanol–water partition coefficient (Wildman–Crippen LogP) is 3.46. The highest BCUT2D eigenvalue weighted by Gasteiger charge is 2.08. The van der Waals surface area contributed by atoms with Crippen LogP contribution < -0.4 is 0 Å². The number of hydrogen-bond donors (Lipinski definition) is 0. The van der Waals surface area contributed by atoms with Crippen molar-refractivity contribution in [1.82, 2.24) is 0 Å². The molecule has 0 saturated carbocycles. The molecule has 0 aromatic heterocycles. The molecule has 0 aliphatic rings. The van der Waals surface area contributed by atoms with Gasteiger partial charge >= 0.3 is 0 Å². The fourth-order valence-corrected chi connectivity index (χ4v) is 2.24. The van der Waals surface area contributed by atoms with E-state index in [1.165, 1.54) is 11.8 Å². The molecule has 1 rings (SSSR count). The highest BCUT2D eigenvalue weighted by atomic mass is 79.9. The lowest BCUT2D eigenvalue weighted by atomic mass is 10.2. The van der Waals surface area contributed by atoms with Gasteiger partial charge in [-0.2, -0.15) is 0 Å². The van der Waals surface area contributed by atoms with E-state index in [4.69, 9.17) is 4.74 Å². The molecule has 0 spiro atoms. The summed E-state index contributed by atoms with van der Waals surface area (Å²) in [7, 11) is 1.55. The Bertz CT molecular complexity index is 304. The summed E-state index contributed by atoms with van der Waals surface area (Å²) in [5.41, 5.74) is 0.584. The number of benzene rings is 1. The van der Waals surface area contributed by atoms with E-state index < -0.39 is 0 Å². The van der Waals surface area contributed by atoms with E-state index in [1.54, 1.807) is 19.2 Å². The third kappa shape index (κ3) is 2.69. The van der Waals surface area contributed by atoms with E-state index in [-0.39, 0.29) is 5.82 Å². The minimum atomic E-state index is -0.183. The number of ether oxygens (including phenoxy) is 1. The molecule has 0 unspecified atom stereocenters. The van der Waals surface area contributed by atoms with Crippen LogP contribution in [0.1, 0.15) is 5.56 Å². The third-order valence-electron chi connectivity index (χ3n) is 1.60. The maximum absolute atomic E-state index is 13.5. The summed E-state index contributed by atoms with van der Waals surface area (Å²) in [4.78, 5) is 0.640. The van der Waals surface area contributed by atoms with E-state index in [0.29, 0.717) is 17.1 Å². The van der Waals surface area contributed by atoms with Gasteiger partial charge in [0.2, 0.25) is 0 Å². The Morgan fingerprint density at radius 1 is 1.54 bits per heavy atom. The van der Waals surface area contributed by atoms with Gasteiger partial charge < -0.3 is 4.74 Å². The summed E-state index contributed by atoms with van der Waals surface area (Å²) in [5.74, 6) is -0.183. The van der Waals surface area contributed by atoms with E-state index in [1.807, 2.05) is 6.26 Å². The fourth-order valence-electron chi connectivity index (χ4n) is 1.03. The van der Waals surface area contributed by atoms with Crippen molar-refractivity contribution in [3.05, 3.63) is 28.0 Å². The third-order valence-corrected chi connectivity index (χ3v) is 2.79. The Balaban J connectivity index is 3.11. The molecule has 0 bridgehead atoms. The van der Waals surface area contributed by atoms with Crippen LogP contribution in [0.5, 0.6) is 0 Å². The molecule has 1 aromatic rings. The minimum Gasteiger partial charge on any atom is -0.380 e. The lowest BCUT2D eigenvalue weighted by Crippen LogP contribution is -1.94. The average Bonchev–Trinajstić information content (AvgIpc) is 2.11. The zero-order chi connectivity index (χ0) is 9.84. The van der Waals surface area contributed by atoms with E-state index in [0.717, 1.165) is 4.47 Å². The SMILES string of the molecule is COCc1cc(Br)cc(SC)c1F. The largest absolute Gasteiger partial charge is 0.380 e. The van der Waals surface area contributed by atoms with Gasteiger partial charge in [-0.1, -0.05) is 15.9 Å². The van der Waals surface area contributed by atoms with Gasteiger partial charge in [-0.05, 0) is 18.4 Å². The number of thioether (sulfide) groups is 1. The second-order valence-electron chi connectivity index (χ2n) is 2.51. The van der Waals surface area contributed by atoms with Crippen LogP contribution in [0.4, 0.5) is 4.39 Å². The summed E-state index contributed by atoms with van der Waals surface area (Å²) >= 11 is 4.71. The van der Waals surface area contributed by atoms with Crippen LogP contribution in [-0.4, -0.2) is 13.4 Å². The first-order valence-corrected chi connectivity index (χ1v) is 5.71. The monoisotopic (exact) mass is 264 g/mol. The van der Waals surface area contributed by atoms with Crippen molar-refractivity contribution in [1.29, 1.82) is 0 Å². The van der Waals surface area contributed by atoms with Gasteiger partial charge in [0.25, 0.3) is 0 Å². The van der Waals surface area contributed by atoms with E-state index >= 15 is 0 Å². The molecule has 0 N–H and O–H groups in total. The number of hydrogen-bond acceptors (Lipinski definition) is 2. The summed E-state index contributed by atoms with van der Waals surface area (Å²) in [6, 6.07) is 3.50. The standard InChI is InChI=1S/C9H10BrFOS/c1-12-5-6-3-7(10)4-8(13-2)9(6)11/h3-4H,5H2,1-2H3. The van der Waals surface area contributed by atoms with Crippen LogP contribution in [0.2, 0.25) is 0 Å². The molecular formula is C9H10BrFOS. The van der Waals surface area contributed by atoms with Crippen molar-refractivity contribution in [2.75, 3.05) is 13.4 Å². The van der Waals surface area contributed by atoms with Crippen molar-refractivity contribution in [3.63, 3.8) is 0 Å². The van der Waals surface area contributed by atoms with Crippen LogP contribution in [-0.2, 0) is 11.3 Å². The summed E-state index contributed by atoms with van der Waals surface area (Å²) in [6.07, 6.45) is 1.85. The molecule has 4 heteroatoms. The molecule has 0 atom stereocenters. The van der Waals surface area contributed by atoms with Crippen molar-refractivity contribution in [2.24, 2.45) is 0 Å². The molecule has 0 radical (unpaired) electrons. The molecule has 0 saturated heterocycles. The maximum atomic E-state index is 13.5. The van der Waals surface area contributed by atoms with E-state index in [9.17, 15) is 4.39 Å². The molecule has 0 fully saturated rings. The minimum absolute atomic E-state index is 0.183. The lowest BCUT2D eigenvalue weighted by molar-refractivity contribution is 0.181. The molecular weight excluding hydrogens is 255 g/mol. The van der Waals surface area contributed by atoms with Gasteiger partial charge in [0, 0.05) is 22.0 Å². The molecule has 0 aliphatic heterocycles. The van der Waals surface area contributed by atoms with Gasteiger partial charge in [-0.15, -0.1) is 11.8 Å². The van der Waals surface area contributed by atoms with Crippen LogP contribution in [0.3, 0.4) is 0 Å². The van der Waals surface area contributed by atoms with Crippen LogP contribution in [0.25, 0.3) is 0 Å². The predicted molar refractivity (Wildman–Crippen MR) is 56.6 cm³/mol. The van der Waals surface area contributed by atoms with Crippen molar-refractivity contribution < 1.29 is 9.13 Å². The second-order valence-corrected chi connectivity index (χ2v) is 4.28. The summed E-state index contributed by atoms with van der Waals surface area (Å²) in [5, 5.41) is 0. The molecule has 0 amide bonds. The summed E-state index contributed by atoms with van der Waals surface area (Å²) in [6.45, 7) is 0.304. The number of methoxy groups -OCH3 is 1. The first kappa shape index (κ1) is 11.0. The zero-order valence-electron chi connectivity index (χ0n) is 7.43. The highest BCUT2D eigenvalue weighted by Crippen LogP contribution is 2.27. The molecule has 1 nitrogen and oxygen atoms in total. The second kappa shape index (κ2) is 4.98. The van der Waals surface area contributed by atoms with Gasteiger partial charge in [-0.25, -0.2) is 4.39 Å². The Morgan fingerprint density at radius 3 is 2.77 bits per heavy atom.